The summed E-state index contributed by atoms with van der Waals surface area (Å²) in [5, 5.41) is 3.26. The molecular weight excluding hydrogens is 376 g/mol. The van der Waals surface area contributed by atoms with Crippen LogP contribution < -0.4 is 14.4 Å². The molecule has 6 nitrogen and oxygen atoms in total. The zero-order valence-electron chi connectivity index (χ0n) is 14.0. The monoisotopic (exact) mass is 392 g/mol. The summed E-state index contributed by atoms with van der Waals surface area (Å²) in [7, 11) is -2.24. The van der Waals surface area contributed by atoms with Crippen molar-refractivity contribution in [1.82, 2.24) is 0 Å². The van der Waals surface area contributed by atoms with Crippen LogP contribution >= 0.6 is 11.6 Å². The molecule has 2 aromatic carbocycles. The van der Waals surface area contributed by atoms with Gasteiger partial charge >= 0.3 is 0 Å². The Hall–Kier alpha value is -2.25. The van der Waals surface area contributed by atoms with Crippen LogP contribution in [0.15, 0.2) is 48.5 Å². The molecule has 2 aliphatic rings. The van der Waals surface area contributed by atoms with Crippen molar-refractivity contribution in [1.29, 1.82) is 0 Å². The Balaban J connectivity index is 1.58. The number of anilines is 2. The molecule has 1 saturated heterocycles. The van der Waals surface area contributed by atoms with Gasteiger partial charge in [-0.15, -0.1) is 0 Å². The van der Waals surface area contributed by atoms with Crippen molar-refractivity contribution in [2.75, 3.05) is 23.3 Å². The van der Waals surface area contributed by atoms with Crippen LogP contribution in [0, 0.1) is 5.92 Å². The first-order valence-corrected chi connectivity index (χ1v) is 9.93. The molecule has 1 amide bonds. The highest BCUT2D eigenvalue weighted by atomic mass is 35.5. The van der Waals surface area contributed by atoms with Gasteiger partial charge in [0.25, 0.3) is 0 Å². The maximum Gasteiger partial charge on any atom is 0.250 e. The normalized spacial score (nSPS) is 25.5. The van der Waals surface area contributed by atoms with Crippen LogP contribution in [0.3, 0.4) is 0 Å². The first kappa shape index (κ1) is 17.2. The second kappa shape index (κ2) is 5.89. The van der Waals surface area contributed by atoms with Gasteiger partial charge in [0.1, 0.15) is 5.75 Å². The number of rotatable bonds is 4. The van der Waals surface area contributed by atoms with Crippen molar-refractivity contribution in [2.24, 2.45) is 5.92 Å². The topological polar surface area (TPSA) is 75.7 Å². The van der Waals surface area contributed by atoms with Crippen LogP contribution in [-0.2, 0) is 14.8 Å². The zero-order valence-corrected chi connectivity index (χ0v) is 15.5. The van der Waals surface area contributed by atoms with Crippen molar-refractivity contribution < 1.29 is 17.9 Å². The van der Waals surface area contributed by atoms with Crippen molar-refractivity contribution in [3.05, 3.63) is 53.6 Å². The number of carbonyl (C=O) groups excluding carboxylic acids is 1. The van der Waals surface area contributed by atoms with Gasteiger partial charge in [-0.05, 0) is 55.0 Å². The Kier molecular flexibility index (Phi) is 3.89. The van der Waals surface area contributed by atoms with Gasteiger partial charge in [-0.2, -0.15) is 0 Å². The predicted octanol–water partition coefficient (Wildman–Crippen LogP) is 2.90. The van der Waals surface area contributed by atoms with Crippen LogP contribution in [-0.4, -0.2) is 32.7 Å². The number of halogens is 1. The largest absolute Gasteiger partial charge is 0.497 e. The first-order valence-electron chi connectivity index (χ1n) is 8.12. The van der Waals surface area contributed by atoms with Gasteiger partial charge in [-0.25, -0.2) is 8.42 Å². The van der Waals surface area contributed by atoms with Gasteiger partial charge in [0.05, 0.1) is 12.8 Å². The van der Waals surface area contributed by atoms with Crippen LogP contribution in [0.5, 0.6) is 5.75 Å². The minimum Gasteiger partial charge on any atom is -0.497 e. The Morgan fingerprint density at radius 2 is 1.85 bits per heavy atom. The highest BCUT2D eigenvalue weighted by Crippen LogP contribution is 2.58. The second-order valence-corrected chi connectivity index (χ2v) is 9.04. The molecule has 1 heterocycles. The molecule has 0 unspecified atom stereocenters. The molecule has 1 aliphatic heterocycles. The Labute approximate surface area is 156 Å². The lowest BCUT2D eigenvalue weighted by atomic mass is 10.2. The summed E-state index contributed by atoms with van der Waals surface area (Å²) in [6.07, 6.45) is 0.349. The highest BCUT2D eigenvalue weighted by Gasteiger charge is 2.75. The van der Waals surface area contributed by atoms with Gasteiger partial charge in [0.2, 0.25) is 15.9 Å². The van der Waals surface area contributed by atoms with E-state index in [4.69, 9.17) is 16.3 Å². The highest BCUT2D eigenvalue weighted by molar-refractivity contribution is 7.95. The molecule has 1 saturated carbocycles. The van der Waals surface area contributed by atoms with Gasteiger partial charge in [-0.1, -0.05) is 11.6 Å². The summed E-state index contributed by atoms with van der Waals surface area (Å²) in [5.41, 5.74) is 1.06. The molecule has 1 aliphatic carbocycles. The average Bonchev–Trinajstić information content (AvgIpc) is 3.32. The molecule has 136 valence electrons. The van der Waals surface area contributed by atoms with E-state index in [1.807, 2.05) is 0 Å². The van der Waals surface area contributed by atoms with E-state index in [0.29, 0.717) is 35.1 Å². The third kappa shape index (κ3) is 2.46. The number of fused-ring (bicyclic) bond motifs is 1. The molecule has 0 bridgehead atoms. The first-order chi connectivity index (χ1) is 12.4. The van der Waals surface area contributed by atoms with E-state index < -0.39 is 20.7 Å². The summed E-state index contributed by atoms with van der Waals surface area (Å²) in [6, 6.07) is 13.4. The second-order valence-electron chi connectivity index (χ2n) is 6.49. The van der Waals surface area contributed by atoms with Crippen LogP contribution in [0.1, 0.15) is 6.42 Å². The molecule has 1 N–H and O–H groups in total. The minimum absolute atomic E-state index is 0.207. The SMILES string of the molecule is COc1ccc(NC(=O)[C@]23C[C@H]2CN(c2ccc(Cl)cc2)S3(=O)=O)cc1. The van der Waals surface area contributed by atoms with Crippen molar-refractivity contribution >= 4 is 38.9 Å². The third-order valence-corrected chi connectivity index (χ3v) is 7.83. The molecule has 0 spiro atoms. The number of hydrogen-bond acceptors (Lipinski definition) is 4. The molecule has 26 heavy (non-hydrogen) atoms. The molecule has 4 rings (SSSR count). The molecular formula is C18H17ClN2O4S. The van der Waals surface area contributed by atoms with Crippen molar-refractivity contribution in [3.63, 3.8) is 0 Å². The zero-order chi connectivity index (χ0) is 18.5. The summed E-state index contributed by atoms with van der Waals surface area (Å²) in [6.45, 7) is 0.306. The number of amides is 1. The summed E-state index contributed by atoms with van der Waals surface area (Å²) >= 11 is 5.88. The lowest BCUT2D eigenvalue weighted by Crippen LogP contribution is -2.42. The molecule has 2 fully saturated rings. The smallest absolute Gasteiger partial charge is 0.250 e. The maximum atomic E-state index is 13.1. The van der Waals surface area contributed by atoms with E-state index in [1.54, 1.807) is 55.6 Å². The van der Waals surface area contributed by atoms with Crippen LogP contribution in [0.2, 0.25) is 5.02 Å². The lowest BCUT2D eigenvalue weighted by Gasteiger charge is -2.23. The Morgan fingerprint density at radius 3 is 2.46 bits per heavy atom. The minimum atomic E-state index is -3.80. The summed E-state index contributed by atoms with van der Waals surface area (Å²) in [4.78, 5) is 12.8. The third-order valence-electron chi connectivity index (χ3n) is 5.03. The summed E-state index contributed by atoms with van der Waals surface area (Å²) < 4.78 is 31.2. The number of ether oxygens (including phenoxy) is 1. The molecule has 2 aromatic rings. The van der Waals surface area contributed by atoms with Gasteiger partial charge in [0.15, 0.2) is 4.75 Å². The summed E-state index contributed by atoms with van der Waals surface area (Å²) in [5.74, 6) is -0.0292. The van der Waals surface area contributed by atoms with Crippen molar-refractivity contribution in [2.45, 2.75) is 11.2 Å². The van der Waals surface area contributed by atoms with E-state index in [-0.39, 0.29) is 5.92 Å². The van der Waals surface area contributed by atoms with E-state index in [2.05, 4.69) is 5.32 Å². The molecule has 0 radical (unpaired) electrons. The fraction of sp³-hybridized carbons (Fsp3) is 0.278. The number of nitrogens with one attached hydrogen (secondary N) is 1. The maximum absolute atomic E-state index is 13.1. The number of hydrogen-bond donors (Lipinski definition) is 1. The van der Waals surface area contributed by atoms with Gasteiger partial charge in [-0.3, -0.25) is 9.10 Å². The molecule has 8 heteroatoms. The average molecular weight is 393 g/mol. The lowest BCUT2D eigenvalue weighted by molar-refractivity contribution is -0.116. The number of methoxy groups -OCH3 is 1. The molecule has 2 atom stereocenters. The van der Waals surface area contributed by atoms with E-state index in [0.717, 1.165) is 0 Å². The number of benzene rings is 2. The quantitative estimate of drug-likeness (QED) is 0.868. The van der Waals surface area contributed by atoms with Crippen molar-refractivity contribution in [3.8, 4) is 5.75 Å². The van der Waals surface area contributed by atoms with Gasteiger partial charge in [0, 0.05) is 23.2 Å². The van der Waals surface area contributed by atoms with E-state index >= 15 is 0 Å². The number of sulfonamides is 1. The Morgan fingerprint density at radius 1 is 1.19 bits per heavy atom. The number of carbonyl (C=O) groups is 1. The standard InChI is InChI=1S/C18H17ClN2O4S/c1-25-16-8-4-14(5-9-16)20-17(22)18-10-12(18)11-21(26(18,23)24)15-6-2-13(19)3-7-15/h2-9,12H,10-11H2,1H3,(H,20,22)/t12-,18-/m0/s1. The predicted molar refractivity (Wildman–Crippen MR) is 100 cm³/mol. The number of nitrogens with zero attached hydrogens (tertiary/aromatic N) is 1. The fourth-order valence-corrected chi connectivity index (χ4v) is 5.98. The van der Waals surface area contributed by atoms with E-state index in [9.17, 15) is 13.2 Å². The van der Waals surface area contributed by atoms with Crippen LogP contribution in [0.25, 0.3) is 0 Å². The fourth-order valence-electron chi connectivity index (χ4n) is 3.49. The Bertz CT molecular complexity index is 960. The van der Waals surface area contributed by atoms with E-state index in [1.165, 1.54) is 4.31 Å². The molecule has 0 aromatic heterocycles. The van der Waals surface area contributed by atoms with Crippen LogP contribution in [0.4, 0.5) is 11.4 Å². The van der Waals surface area contributed by atoms with Gasteiger partial charge < -0.3 is 10.1 Å².